The van der Waals surface area contributed by atoms with Crippen LogP contribution in [-0.4, -0.2) is 41.1 Å². The van der Waals surface area contributed by atoms with Crippen LogP contribution in [-0.2, 0) is 0 Å². The Morgan fingerprint density at radius 3 is 2.31 bits per heavy atom. The molecule has 0 aromatic rings. The molecular weight excluding hydrogens is 186 g/mol. The molecule has 13 heavy (non-hydrogen) atoms. The van der Waals surface area contributed by atoms with Gasteiger partial charge in [-0.3, -0.25) is 0 Å². The standard InChI is InChI=1S/C10H22ClNO/c1-4-12(8-6-5-7-11)9-10(2,3)13/h13H,4-9H2,1-3H3. The first-order valence-electron chi connectivity index (χ1n) is 5.00. The first-order valence-corrected chi connectivity index (χ1v) is 5.53. The molecule has 0 unspecified atom stereocenters. The SMILES string of the molecule is CCN(CCCCCl)CC(C)(C)O. The van der Waals surface area contributed by atoms with E-state index >= 15 is 0 Å². The zero-order valence-electron chi connectivity index (χ0n) is 9.02. The van der Waals surface area contributed by atoms with Crippen molar-refractivity contribution < 1.29 is 5.11 Å². The summed E-state index contributed by atoms with van der Waals surface area (Å²) in [7, 11) is 0. The van der Waals surface area contributed by atoms with E-state index in [0.717, 1.165) is 38.4 Å². The van der Waals surface area contributed by atoms with Gasteiger partial charge in [-0.1, -0.05) is 6.92 Å². The van der Waals surface area contributed by atoms with Crippen LogP contribution in [0.1, 0.15) is 33.6 Å². The summed E-state index contributed by atoms with van der Waals surface area (Å²) in [4.78, 5) is 2.26. The number of nitrogens with zero attached hydrogens (tertiary/aromatic N) is 1. The Morgan fingerprint density at radius 2 is 1.92 bits per heavy atom. The van der Waals surface area contributed by atoms with Crippen molar-refractivity contribution >= 4 is 11.6 Å². The van der Waals surface area contributed by atoms with Gasteiger partial charge in [0, 0.05) is 12.4 Å². The predicted molar refractivity (Wildman–Crippen MR) is 58.4 cm³/mol. The van der Waals surface area contributed by atoms with Crippen LogP contribution >= 0.6 is 11.6 Å². The van der Waals surface area contributed by atoms with Crippen molar-refractivity contribution in [1.82, 2.24) is 4.90 Å². The van der Waals surface area contributed by atoms with Crippen LogP contribution in [0.25, 0.3) is 0 Å². The molecule has 0 heterocycles. The van der Waals surface area contributed by atoms with E-state index in [0.29, 0.717) is 0 Å². The summed E-state index contributed by atoms with van der Waals surface area (Å²) in [6.45, 7) is 8.58. The van der Waals surface area contributed by atoms with E-state index in [1.807, 2.05) is 13.8 Å². The zero-order chi connectivity index (χ0) is 10.3. The molecule has 0 saturated heterocycles. The average molecular weight is 208 g/mol. The molecule has 0 bridgehead atoms. The predicted octanol–water partition coefficient (Wildman–Crippen LogP) is 2.10. The smallest absolute Gasteiger partial charge is 0.0718 e. The van der Waals surface area contributed by atoms with Crippen LogP contribution in [0.2, 0.25) is 0 Å². The van der Waals surface area contributed by atoms with Gasteiger partial charge in [0.15, 0.2) is 0 Å². The normalized spacial score (nSPS) is 12.5. The molecule has 3 heteroatoms. The Kier molecular flexibility index (Phi) is 6.74. The molecule has 0 aliphatic rings. The van der Waals surface area contributed by atoms with Gasteiger partial charge in [-0.05, 0) is 39.8 Å². The van der Waals surface area contributed by atoms with Gasteiger partial charge in [0.25, 0.3) is 0 Å². The molecule has 0 fully saturated rings. The van der Waals surface area contributed by atoms with E-state index in [-0.39, 0.29) is 0 Å². The van der Waals surface area contributed by atoms with Crippen molar-refractivity contribution in [3.8, 4) is 0 Å². The highest BCUT2D eigenvalue weighted by Gasteiger charge is 2.16. The highest BCUT2D eigenvalue weighted by atomic mass is 35.5. The number of alkyl halides is 1. The zero-order valence-corrected chi connectivity index (χ0v) is 9.77. The van der Waals surface area contributed by atoms with Crippen LogP contribution in [0.4, 0.5) is 0 Å². The minimum absolute atomic E-state index is 0.586. The lowest BCUT2D eigenvalue weighted by molar-refractivity contribution is 0.0375. The Hall–Kier alpha value is 0.210. The second-order valence-corrected chi connectivity index (χ2v) is 4.46. The Bertz CT molecular complexity index is 123. The highest BCUT2D eigenvalue weighted by molar-refractivity contribution is 6.17. The van der Waals surface area contributed by atoms with Crippen molar-refractivity contribution in [3.63, 3.8) is 0 Å². The number of rotatable bonds is 7. The van der Waals surface area contributed by atoms with Crippen molar-refractivity contribution in [1.29, 1.82) is 0 Å². The lowest BCUT2D eigenvalue weighted by atomic mass is 10.1. The molecule has 0 rings (SSSR count). The molecule has 0 spiro atoms. The van der Waals surface area contributed by atoms with Crippen molar-refractivity contribution in [2.45, 2.75) is 39.2 Å². The molecular formula is C10H22ClNO. The van der Waals surface area contributed by atoms with Gasteiger partial charge in [-0.2, -0.15) is 0 Å². The topological polar surface area (TPSA) is 23.5 Å². The molecule has 1 N–H and O–H groups in total. The third-order valence-corrected chi connectivity index (χ3v) is 2.18. The Balaban J connectivity index is 3.63. The third kappa shape index (κ3) is 8.54. The van der Waals surface area contributed by atoms with Gasteiger partial charge in [-0.15, -0.1) is 11.6 Å². The van der Waals surface area contributed by atoms with E-state index in [1.165, 1.54) is 0 Å². The lowest BCUT2D eigenvalue weighted by Gasteiger charge is -2.27. The number of halogens is 1. The number of aliphatic hydroxyl groups is 1. The van der Waals surface area contributed by atoms with Crippen LogP contribution in [0.15, 0.2) is 0 Å². The minimum atomic E-state index is -0.586. The quantitative estimate of drug-likeness (QED) is 0.511. The molecule has 0 aromatic heterocycles. The summed E-state index contributed by atoms with van der Waals surface area (Å²) in [5, 5.41) is 9.61. The van der Waals surface area contributed by atoms with Crippen molar-refractivity contribution in [3.05, 3.63) is 0 Å². The van der Waals surface area contributed by atoms with Gasteiger partial charge < -0.3 is 10.0 Å². The molecule has 0 aliphatic carbocycles. The fourth-order valence-corrected chi connectivity index (χ4v) is 1.52. The fraction of sp³-hybridized carbons (Fsp3) is 1.00. The largest absolute Gasteiger partial charge is 0.389 e. The summed E-state index contributed by atoms with van der Waals surface area (Å²) in [5.41, 5.74) is -0.586. The van der Waals surface area contributed by atoms with E-state index < -0.39 is 5.60 Å². The average Bonchev–Trinajstić information content (AvgIpc) is 2.01. The van der Waals surface area contributed by atoms with E-state index in [4.69, 9.17) is 11.6 Å². The van der Waals surface area contributed by atoms with E-state index in [9.17, 15) is 5.11 Å². The Morgan fingerprint density at radius 1 is 1.31 bits per heavy atom. The van der Waals surface area contributed by atoms with E-state index in [2.05, 4.69) is 11.8 Å². The van der Waals surface area contributed by atoms with Gasteiger partial charge >= 0.3 is 0 Å². The van der Waals surface area contributed by atoms with Crippen LogP contribution in [0.3, 0.4) is 0 Å². The number of unbranched alkanes of at least 4 members (excludes halogenated alkanes) is 1. The molecule has 0 saturated carbocycles. The van der Waals surface area contributed by atoms with Gasteiger partial charge in [-0.25, -0.2) is 0 Å². The highest BCUT2D eigenvalue weighted by Crippen LogP contribution is 2.06. The fourth-order valence-electron chi connectivity index (χ4n) is 1.33. The van der Waals surface area contributed by atoms with Crippen LogP contribution in [0, 0.1) is 0 Å². The second kappa shape index (κ2) is 6.63. The van der Waals surface area contributed by atoms with E-state index in [1.54, 1.807) is 0 Å². The number of likely N-dealkylation sites (N-methyl/N-ethyl adjacent to an activating group) is 1. The minimum Gasteiger partial charge on any atom is -0.389 e. The summed E-state index contributed by atoms with van der Waals surface area (Å²) < 4.78 is 0. The van der Waals surface area contributed by atoms with Gasteiger partial charge in [0.2, 0.25) is 0 Å². The monoisotopic (exact) mass is 207 g/mol. The van der Waals surface area contributed by atoms with Crippen molar-refractivity contribution in [2.75, 3.05) is 25.5 Å². The van der Waals surface area contributed by atoms with Crippen LogP contribution < -0.4 is 0 Å². The van der Waals surface area contributed by atoms with Gasteiger partial charge in [0.1, 0.15) is 0 Å². The molecule has 0 amide bonds. The summed E-state index contributed by atoms with van der Waals surface area (Å²) in [6, 6.07) is 0. The molecule has 2 nitrogen and oxygen atoms in total. The third-order valence-electron chi connectivity index (χ3n) is 1.92. The maximum Gasteiger partial charge on any atom is 0.0718 e. The first-order chi connectivity index (χ1) is 5.99. The summed E-state index contributed by atoms with van der Waals surface area (Å²) in [5.74, 6) is 0.736. The molecule has 0 atom stereocenters. The molecule has 0 radical (unpaired) electrons. The molecule has 0 aliphatic heterocycles. The summed E-state index contributed by atoms with van der Waals surface area (Å²) in [6.07, 6.45) is 2.18. The van der Waals surface area contributed by atoms with Crippen molar-refractivity contribution in [2.24, 2.45) is 0 Å². The number of hydrogen-bond acceptors (Lipinski definition) is 2. The van der Waals surface area contributed by atoms with Crippen LogP contribution in [0.5, 0.6) is 0 Å². The molecule has 80 valence electrons. The lowest BCUT2D eigenvalue weighted by Crippen LogP contribution is -2.39. The molecule has 0 aromatic carbocycles. The number of hydrogen-bond donors (Lipinski definition) is 1. The maximum atomic E-state index is 9.61. The van der Waals surface area contributed by atoms with Gasteiger partial charge in [0.05, 0.1) is 5.60 Å². The Labute approximate surface area is 86.9 Å². The maximum absolute atomic E-state index is 9.61. The second-order valence-electron chi connectivity index (χ2n) is 4.08. The summed E-state index contributed by atoms with van der Waals surface area (Å²) >= 11 is 5.59. The first kappa shape index (κ1) is 13.2.